The minimum atomic E-state index is -0.478. The van der Waals surface area contributed by atoms with Crippen molar-refractivity contribution in [3.8, 4) is 0 Å². The Morgan fingerprint density at radius 1 is 1.12 bits per heavy atom. The van der Waals surface area contributed by atoms with Crippen LogP contribution in [0.3, 0.4) is 0 Å². The van der Waals surface area contributed by atoms with Crippen LogP contribution in [0.5, 0.6) is 0 Å². The van der Waals surface area contributed by atoms with Gasteiger partial charge in [0.15, 0.2) is 0 Å². The van der Waals surface area contributed by atoms with Crippen LogP contribution in [0.25, 0.3) is 6.08 Å². The van der Waals surface area contributed by atoms with E-state index in [0.717, 1.165) is 5.56 Å². The molecule has 0 spiro atoms. The molecule has 0 bridgehead atoms. The lowest BCUT2D eigenvalue weighted by Crippen LogP contribution is -2.31. The van der Waals surface area contributed by atoms with Crippen molar-refractivity contribution < 1.29 is 14.3 Å². The maximum absolute atomic E-state index is 12.8. The van der Waals surface area contributed by atoms with Crippen LogP contribution in [-0.4, -0.2) is 29.9 Å². The van der Waals surface area contributed by atoms with Gasteiger partial charge in [0, 0.05) is 11.7 Å². The van der Waals surface area contributed by atoms with Crippen LogP contribution < -0.4 is 0 Å². The highest BCUT2D eigenvalue weighted by Crippen LogP contribution is 2.33. The highest BCUT2D eigenvalue weighted by atomic mass is 16.5. The number of amides is 1. The van der Waals surface area contributed by atoms with E-state index in [4.69, 9.17) is 4.74 Å². The zero-order chi connectivity index (χ0) is 18.0. The molecule has 2 rings (SSSR count). The molecule has 0 unspecified atom stereocenters. The van der Waals surface area contributed by atoms with Gasteiger partial charge in [-0.3, -0.25) is 4.79 Å². The number of methoxy groups -OCH3 is 1. The van der Waals surface area contributed by atoms with E-state index < -0.39 is 5.97 Å². The fourth-order valence-electron chi connectivity index (χ4n) is 2.96. The normalized spacial score (nSPS) is 16.8. The van der Waals surface area contributed by atoms with Crippen molar-refractivity contribution in [3.05, 3.63) is 52.2 Å². The van der Waals surface area contributed by atoms with E-state index in [9.17, 15) is 9.59 Å². The molecule has 1 aromatic rings. The minimum absolute atomic E-state index is 0.0219. The van der Waals surface area contributed by atoms with Crippen LogP contribution in [-0.2, 0) is 14.3 Å². The molecule has 1 aliphatic rings. The third kappa shape index (κ3) is 3.28. The Hall–Kier alpha value is -2.36. The molecule has 0 saturated heterocycles. The van der Waals surface area contributed by atoms with Crippen molar-refractivity contribution in [2.24, 2.45) is 0 Å². The summed E-state index contributed by atoms with van der Waals surface area (Å²) < 4.78 is 4.88. The van der Waals surface area contributed by atoms with Crippen LogP contribution in [0.15, 0.2) is 41.1 Å². The van der Waals surface area contributed by atoms with Gasteiger partial charge in [0.25, 0.3) is 5.91 Å². The summed E-state index contributed by atoms with van der Waals surface area (Å²) in [6.07, 6.45) is 1.77. The van der Waals surface area contributed by atoms with Crippen LogP contribution in [0.4, 0.5) is 0 Å². The third-order valence-corrected chi connectivity index (χ3v) is 4.26. The second-order valence-electron chi connectivity index (χ2n) is 6.60. The highest BCUT2D eigenvalue weighted by Gasteiger charge is 2.38. The average molecular weight is 327 g/mol. The van der Waals surface area contributed by atoms with Crippen molar-refractivity contribution >= 4 is 18.0 Å². The van der Waals surface area contributed by atoms with Gasteiger partial charge in [-0.2, -0.15) is 0 Å². The molecule has 128 valence electrons. The maximum Gasteiger partial charge on any atom is 0.340 e. The molecule has 0 aromatic heterocycles. The van der Waals surface area contributed by atoms with Gasteiger partial charge in [0.2, 0.25) is 0 Å². The van der Waals surface area contributed by atoms with Gasteiger partial charge in [-0.25, -0.2) is 4.79 Å². The number of hydrogen-bond acceptors (Lipinski definition) is 3. The van der Waals surface area contributed by atoms with Crippen LogP contribution >= 0.6 is 0 Å². The Morgan fingerprint density at radius 3 is 2.17 bits per heavy atom. The van der Waals surface area contributed by atoms with Crippen LogP contribution in [0.2, 0.25) is 0 Å². The molecule has 4 heteroatoms. The first-order chi connectivity index (χ1) is 11.3. The van der Waals surface area contributed by atoms with Crippen LogP contribution in [0.1, 0.15) is 51.7 Å². The predicted octanol–water partition coefficient (Wildman–Crippen LogP) is 3.89. The SMILES string of the molecule is COC(=O)C1=C(C)N(C(C)C)C(=O)/C1=C\c1ccc(C(C)C)cc1. The molecule has 24 heavy (non-hydrogen) atoms. The zero-order valence-electron chi connectivity index (χ0n) is 15.2. The molecule has 1 aromatic carbocycles. The summed E-state index contributed by atoms with van der Waals surface area (Å²) in [5, 5.41) is 0. The molecule has 0 atom stereocenters. The summed E-state index contributed by atoms with van der Waals surface area (Å²) >= 11 is 0. The maximum atomic E-state index is 12.8. The second-order valence-corrected chi connectivity index (χ2v) is 6.60. The van der Waals surface area contributed by atoms with Crippen LogP contribution in [0, 0.1) is 0 Å². The zero-order valence-corrected chi connectivity index (χ0v) is 15.2. The Balaban J connectivity index is 2.49. The summed E-state index contributed by atoms with van der Waals surface area (Å²) in [5.74, 6) is -0.186. The summed E-state index contributed by atoms with van der Waals surface area (Å²) in [5.41, 5.74) is 3.52. The van der Waals surface area contributed by atoms with Gasteiger partial charge in [0.05, 0.1) is 18.3 Å². The molecule has 1 heterocycles. The Kier molecular flexibility index (Phi) is 5.27. The summed E-state index contributed by atoms with van der Waals surface area (Å²) in [7, 11) is 1.33. The predicted molar refractivity (Wildman–Crippen MR) is 95.2 cm³/mol. The standard InChI is InChI=1S/C20H25NO3/c1-12(2)16-9-7-15(8-10-16)11-17-18(20(23)24-6)14(5)21(13(3)4)19(17)22/h7-13H,1-6H3/b17-11-. The molecule has 4 nitrogen and oxygen atoms in total. The van der Waals surface area contributed by atoms with Crippen molar-refractivity contribution in [1.29, 1.82) is 0 Å². The number of allylic oxidation sites excluding steroid dienone is 1. The summed E-state index contributed by atoms with van der Waals surface area (Å²) in [6, 6.07) is 8.01. The first kappa shape index (κ1) is 18.0. The quantitative estimate of drug-likeness (QED) is 0.622. The third-order valence-electron chi connectivity index (χ3n) is 4.26. The average Bonchev–Trinajstić information content (AvgIpc) is 2.77. The molecule has 1 aliphatic heterocycles. The fourth-order valence-corrected chi connectivity index (χ4v) is 2.96. The summed E-state index contributed by atoms with van der Waals surface area (Å²) in [6.45, 7) is 9.91. The molecular formula is C20H25NO3. The first-order valence-corrected chi connectivity index (χ1v) is 8.22. The lowest BCUT2D eigenvalue weighted by Gasteiger charge is -2.22. The molecule has 1 amide bonds. The van der Waals surface area contributed by atoms with Crippen molar-refractivity contribution in [2.45, 2.75) is 46.6 Å². The van der Waals surface area contributed by atoms with E-state index in [1.807, 2.05) is 38.1 Å². The number of hydrogen-bond donors (Lipinski definition) is 0. The van der Waals surface area contributed by atoms with Gasteiger partial charge < -0.3 is 9.64 Å². The molecular weight excluding hydrogens is 302 g/mol. The number of nitrogens with zero attached hydrogens (tertiary/aromatic N) is 1. The largest absolute Gasteiger partial charge is 0.465 e. The molecule has 0 saturated carbocycles. The Bertz CT molecular complexity index is 709. The van der Waals surface area contributed by atoms with E-state index in [0.29, 0.717) is 22.8 Å². The topological polar surface area (TPSA) is 46.6 Å². The van der Waals surface area contributed by atoms with Gasteiger partial charge in [-0.05, 0) is 43.9 Å². The second kappa shape index (κ2) is 7.04. The fraction of sp³-hybridized carbons (Fsp3) is 0.400. The lowest BCUT2D eigenvalue weighted by atomic mass is 9.99. The van der Waals surface area contributed by atoms with E-state index in [1.54, 1.807) is 17.9 Å². The molecule has 0 radical (unpaired) electrons. The number of esters is 1. The van der Waals surface area contributed by atoms with Crippen molar-refractivity contribution in [1.82, 2.24) is 4.90 Å². The molecule has 0 fully saturated rings. The van der Waals surface area contributed by atoms with Crippen molar-refractivity contribution in [3.63, 3.8) is 0 Å². The Morgan fingerprint density at radius 2 is 1.71 bits per heavy atom. The van der Waals surface area contributed by atoms with Gasteiger partial charge >= 0.3 is 5.97 Å². The molecule has 0 N–H and O–H groups in total. The van der Waals surface area contributed by atoms with E-state index in [-0.39, 0.29) is 11.9 Å². The van der Waals surface area contributed by atoms with E-state index >= 15 is 0 Å². The number of ether oxygens (including phenoxy) is 1. The van der Waals surface area contributed by atoms with E-state index in [2.05, 4.69) is 13.8 Å². The number of carbonyl (C=O) groups excluding carboxylic acids is 2. The number of benzene rings is 1. The first-order valence-electron chi connectivity index (χ1n) is 8.22. The van der Waals surface area contributed by atoms with Gasteiger partial charge in [-0.15, -0.1) is 0 Å². The smallest absolute Gasteiger partial charge is 0.340 e. The monoisotopic (exact) mass is 327 g/mol. The molecule has 0 aliphatic carbocycles. The minimum Gasteiger partial charge on any atom is -0.465 e. The number of rotatable bonds is 4. The van der Waals surface area contributed by atoms with Crippen molar-refractivity contribution in [2.75, 3.05) is 7.11 Å². The number of carbonyl (C=O) groups is 2. The lowest BCUT2D eigenvalue weighted by molar-refractivity contribution is -0.136. The summed E-state index contributed by atoms with van der Waals surface area (Å²) in [4.78, 5) is 26.6. The highest BCUT2D eigenvalue weighted by molar-refractivity contribution is 6.16. The Labute approximate surface area is 143 Å². The van der Waals surface area contributed by atoms with Gasteiger partial charge in [0.1, 0.15) is 0 Å². The van der Waals surface area contributed by atoms with Gasteiger partial charge in [-0.1, -0.05) is 38.1 Å². The van der Waals surface area contributed by atoms with E-state index in [1.165, 1.54) is 12.7 Å².